The van der Waals surface area contributed by atoms with Crippen molar-refractivity contribution in [2.75, 3.05) is 26.2 Å². The molecule has 0 saturated carbocycles. The number of nitrogens with one attached hydrogen (secondary N) is 1. The number of carbonyl (C=O) groups excluding carboxylic acids is 1. The number of carbonyl (C=O) groups is 1. The predicted molar refractivity (Wildman–Crippen MR) is 71.4 cm³/mol. The van der Waals surface area contributed by atoms with Gasteiger partial charge in [-0.25, -0.2) is 17.9 Å². The molecule has 0 spiro atoms. The van der Waals surface area contributed by atoms with E-state index in [-0.39, 0.29) is 34.8 Å². The molecule has 0 aromatic carbocycles. The lowest BCUT2D eigenvalue weighted by Crippen LogP contribution is -2.53. The summed E-state index contributed by atoms with van der Waals surface area (Å²) in [5.74, 6) is 0. The summed E-state index contributed by atoms with van der Waals surface area (Å²) in [4.78, 5) is 13.2. The van der Waals surface area contributed by atoms with E-state index >= 15 is 0 Å². The lowest BCUT2D eigenvalue weighted by atomic mass is 10.2. The largest absolute Gasteiger partial charge is 0.336 e. The molecule has 0 radical (unpaired) electrons. The van der Waals surface area contributed by atoms with Crippen LogP contribution < -0.4 is 5.32 Å². The summed E-state index contributed by atoms with van der Waals surface area (Å²) >= 11 is 3.11. The Morgan fingerprint density at radius 1 is 1.40 bits per heavy atom. The molecule has 1 atom stereocenters. The molecule has 2 aliphatic rings. The van der Waals surface area contributed by atoms with Crippen molar-refractivity contribution in [3.05, 3.63) is 4.60 Å². The van der Waals surface area contributed by atoms with Gasteiger partial charge in [-0.05, 0) is 15.9 Å². The summed E-state index contributed by atoms with van der Waals surface area (Å²) in [6, 6.07) is -0.249. The van der Waals surface area contributed by atoms with Crippen molar-refractivity contribution >= 4 is 32.0 Å². The van der Waals surface area contributed by atoms with E-state index in [2.05, 4.69) is 31.6 Å². The second-order valence-electron chi connectivity index (χ2n) is 4.71. The number of urea groups is 1. The standard InChI is InChI=1S/C9H13BrN6O3S/c1-14-8(7(10)12-13-14)20(18,19)15-2-3-16-6(5-15)4-11-9(16)17/h6H,2-5H2,1H3,(H,11,17). The number of sulfonamides is 1. The van der Waals surface area contributed by atoms with Crippen molar-refractivity contribution in [2.24, 2.45) is 7.05 Å². The fourth-order valence-corrected chi connectivity index (χ4v) is 5.01. The van der Waals surface area contributed by atoms with Gasteiger partial charge >= 0.3 is 6.03 Å². The smallest absolute Gasteiger partial charge is 0.317 e. The maximum atomic E-state index is 12.6. The zero-order chi connectivity index (χ0) is 14.5. The molecule has 2 aliphatic heterocycles. The third-order valence-electron chi connectivity index (χ3n) is 3.52. The molecule has 3 heterocycles. The molecule has 2 saturated heterocycles. The Hall–Kier alpha value is -1.20. The van der Waals surface area contributed by atoms with Crippen LogP contribution in [0.4, 0.5) is 4.79 Å². The van der Waals surface area contributed by atoms with Gasteiger partial charge in [0.15, 0.2) is 4.60 Å². The van der Waals surface area contributed by atoms with E-state index in [0.717, 1.165) is 0 Å². The van der Waals surface area contributed by atoms with Crippen LogP contribution in [0.2, 0.25) is 0 Å². The normalized spacial score (nSPS) is 23.8. The fraction of sp³-hybridized carbons (Fsp3) is 0.667. The average molecular weight is 365 g/mol. The van der Waals surface area contributed by atoms with Gasteiger partial charge in [0.2, 0.25) is 5.03 Å². The highest BCUT2D eigenvalue weighted by molar-refractivity contribution is 9.10. The van der Waals surface area contributed by atoms with Crippen LogP contribution >= 0.6 is 15.9 Å². The van der Waals surface area contributed by atoms with E-state index in [9.17, 15) is 13.2 Å². The number of halogens is 1. The highest BCUT2D eigenvalue weighted by Crippen LogP contribution is 2.25. The number of rotatable bonds is 2. The Bertz CT molecular complexity index is 639. The fourth-order valence-electron chi connectivity index (χ4n) is 2.51. The number of aryl methyl sites for hydroxylation is 1. The number of amides is 2. The lowest BCUT2D eigenvalue weighted by Gasteiger charge is -2.35. The Labute approximate surface area is 124 Å². The quantitative estimate of drug-likeness (QED) is 0.723. The van der Waals surface area contributed by atoms with Crippen molar-refractivity contribution < 1.29 is 13.2 Å². The highest BCUT2D eigenvalue weighted by atomic mass is 79.9. The van der Waals surface area contributed by atoms with E-state index < -0.39 is 10.0 Å². The van der Waals surface area contributed by atoms with E-state index in [1.165, 1.54) is 16.0 Å². The summed E-state index contributed by atoms with van der Waals surface area (Å²) in [6.07, 6.45) is 0. The Morgan fingerprint density at radius 3 is 2.80 bits per heavy atom. The van der Waals surface area contributed by atoms with Crippen molar-refractivity contribution in [3.8, 4) is 0 Å². The molecule has 9 nitrogen and oxygen atoms in total. The summed E-state index contributed by atoms with van der Waals surface area (Å²) < 4.78 is 28.1. The molecule has 0 aliphatic carbocycles. The number of piperazine rings is 1. The topological polar surface area (TPSA) is 100 Å². The Morgan fingerprint density at radius 2 is 2.15 bits per heavy atom. The molecule has 0 bridgehead atoms. The molecule has 110 valence electrons. The summed E-state index contributed by atoms with van der Waals surface area (Å²) in [7, 11) is -2.15. The molecule has 2 amide bonds. The number of nitrogens with zero attached hydrogens (tertiary/aromatic N) is 5. The van der Waals surface area contributed by atoms with Gasteiger partial charge in [-0.2, -0.15) is 4.31 Å². The molecule has 2 fully saturated rings. The molecule has 1 aromatic rings. The summed E-state index contributed by atoms with van der Waals surface area (Å²) in [5.41, 5.74) is 0. The van der Waals surface area contributed by atoms with Crippen LogP contribution in [0.3, 0.4) is 0 Å². The third kappa shape index (κ3) is 2.00. The van der Waals surface area contributed by atoms with E-state index in [1.54, 1.807) is 4.90 Å². The van der Waals surface area contributed by atoms with Gasteiger partial charge in [0.1, 0.15) is 0 Å². The minimum absolute atomic E-state index is 0.0308. The first-order valence-corrected chi connectivity index (χ1v) is 8.24. The first-order chi connectivity index (χ1) is 9.41. The molecule has 1 N–H and O–H groups in total. The lowest BCUT2D eigenvalue weighted by molar-refractivity contribution is 0.164. The van der Waals surface area contributed by atoms with Crippen molar-refractivity contribution in [3.63, 3.8) is 0 Å². The number of fused-ring (bicyclic) bond motifs is 1. The van der Waals surface area contributed by atoms with Crippen LogP contribution in [0.25, 0.3) is 0 Å². The summed E-state index contributed by atoms with van der Waals surface area (Å²) in [5, 5.41) is 10.1. The van der Waals surface area contributed by atoms with Crippen LogP contribution in [-0.4, -0.2) is 70.9 Å². The highest BCUT2D eigenvalue weighted by Gasteiger charge is 2.41. The molecular weight excluding hydrogens is 352 g/mol. The maximum Gasteiger partial charge on any atom is 0.317 e. The molecule has 1 aromatic heterocycles. The molecule has 3 rings (SSSR count). The number of hydrogen-bond acceptors (Lipinski definition) is 5. The van der Waals surface area contributed by atoms with Gasteiger partial charge < -0.3 is 10.2 Å². The van der Waals surface area contributed by atoms with Gasteiger partial charge in [-0.1, -0.05) is 5.21 Å². The number of aromatic nitrogens is 3. The Balaban J connectivity index is 1.88. The second kappa shape index (κ2) is 4.67. The van der Waals surface area contributed by atoms with Crippen LogP contribution in [0.15, 0.2) is 9.63 Å². The van der Waals surface area contributed by atoms with Gasteiger partial charge in [0.05, 0.1) is 6.04 Å². The van der Waals surface area contributed by atoms with Gasteiger partial charge in [-0.15, -0.1) is 5.10 Å². The number of hydrogen-bond donors (Lipinski definition) is 1. The predicted octanol–water partition coefficient (Wildman–Crippen LogP) is -1.02. The monoisotopic (exact) mass is 364 g/mol. The van der Waals surface area contributed by atoms with Crippen molar-refractivity contribution in [2.45, 2.75) is 11.1 Å². The zero-order valence-electron chi connectivity index (χ0n) is 10.7. The van der Waals surface area contributed by atoms with Gasteiger partial charge in [-0.3, -0.25) is 0 Å². The second-order valence-corrected chi connectivity index (χ2v) is 7.31. The molecule has 20 heavy (non-hydrogen) atoms. The SMILES string of the molecule is Cn1nnc(Br)c1S(=O)(=O)N1CCN2C(=O)NCC2C1. The first kappa shape index (κ1) is 13.8. The minimum atomic E-state index is -3.68. The van der Waals surface area contributed by atoms with E-state index in [0.29, 0.717) is 13.1 Å². The van der Waals surface area contributed by atoms with Gasteiger partial charge in [0, 0.05) is 33.2 Å². The maximum absolute atomic E-state index is 12.6. The molecule has 1 unspecified atom stereocenters. The minimum Gasteiger partial charge on any atom is -0.336 e. The first-order valence-electron chi connectivity index (χ1n) is 6.01. The van der Waals surface area contributed by atoms with Crippen LogP contribution in [-0.2, 0) is 17.1 Å². The van der Waals surface area contributed by atoms with Crippen LogP contribution in [0.5, 0.6) is 0 Å². The van der Waals surface area contributed by atoms with E-state index in [1.807, 2.05) is 0 Å². The third-order valence-corrected chi connectivity index (χ3v) is 6.27. The zero-order valence-corrected chi connectivity index (χ0v) is 13.1. The van der Waals surface area contributed by atoms with E-state index in [4.69, 9.17) is 0 Å². The van der Waals surface area contributed by atoms with Crippen LogP contribution in [0.1, 0.15) is 0 Å². The van der Waals surface area contributed by atoms with Crippen LogP contribution in [0, 0.1) is 0 Å². The van der Waals surface area contributed by atoms with Gasteiger partial charge in [0.25, 0.3) is 10.0 Å². The molecule has 11 heteroatoms. The Kier molecular flexibility index (Phi) is 3.21. The van der Waals surface area contributed by atoms with Crippen molar-refractivity contribution in [1.82, 2.24) is 29.5 Å². The van der Waals surface area contributed by atoms with Crippen molar-refractivity contribution in [1.29, 1.82) is 0 Å². The summed E-state index contributed by atoms with van der Waals surface area (Å²) in [6.45, 7) is 1.40. The average Bonchev–Trinajstić information content (AvgIpc) is 2.93. The molecular formula is C9H13BrN6O3S.